The second-order valence-electron chi connectivity index (χ2n) is 6.64. The Kier molecular flexibility index (Phi) is 3.91. The van der Waals surface area contributed by atoms with E-state index in [0.29, 0.717) is 11.5 Å². The van der Waals surface area contributed by atoms with Crippen LogP contribution in [0.2, 0.25) is 0 Å². The second kappa shape index (κ2) is 6.23. The summed E-state index contributed by atoms with van der Waals surface area (Å²) in [6.07, 6.45) is 6.99. The quantitative estimate of drug-likeness (QED) is 0.735. The molecule has 128 valence electrons. The van der Waals surface area contributed by atoms with E-state index in [0.717, 1.165) is 30.6 Å². The van der Waals surface area contributed by atoms with E-state index >= 15 is 0 Å². The molecule has 4 heterocycles. The summed E-state index contributed by atoms with van der Waals surface area (Å²) in [5.41, 5.74) is 2.43. The van der Waals surface area contributed by atoms with E-state index in [2.05, 4.69) is 33.9 Å². The number of likely N-dealkylation sites (tertiary alicyclic amines) is 1. The minimum atomic E-state index is -0.0567. The number of hydrogen-bond donors (Lipinski definition) is 0. The molecule has 1 aliphatic heterocycles. The fourth-order valence-corrected chi connectivity index (χ4v) is 3.43. The van der Waals surface area contributed by atoms with Crippen LogP contribution in [0.15, 0.2) is 36.9 Å². The maximum Gasteiger partial charge on any atom is 0.273 e. The molecule has 0 radical (unpaired) electrons. The van der Waals surface area contributed by atoms with E-state index in [1.165, 1.54) is 6.33 Å². The standard InChI is InChI=1S/C18H20N6O/c1-12(2)16-9-14(22-18-20-11-21-24(16)18)17(25)23-8-4-6-15(23)13-5-3-7-19-10-13/h3,5,7,9-12,15H,4,6,8H2,1-2H3. The van der Waals surface area contributed by atoms with Crippen molar-refractivity contribution >= 4 is 11.7 Å². The van der Waals surface area contributed by atoms with Crippen LogP contribution >= 0.6 is 0 Å². The second-order valence-corrected chi connectivity index (χ2v) is 6.64. The van der Waals surface area contributed by atoms with Crippen LogP contribution in [0.1, 0.15) is 60.4 Å². The molecule has 1 fully saturated rings. The molecule has 0 saturated carbocycles. The Hall–Kier alpha value is -2.83. The topological polar surface area (TPSA) is 76.3 Å². The smallest absolute Gasteiger partial charge is 0.273 e. The van der Waals surface area contributed by atoms with Crippen molar-refractivity contribution < 1.29 is 4.79 Å². The Labute approximate surface area is 145 Å². The highest BCUT2D eigenvalue weighted by Crippen LogP contribution is 2.32. The lowest BCUT2D eigenvalue weighted by Gasteiger charge is -2.24. The molecule has 3 aromatic heterocycles. The van der Waals surface area contributed by atoms with Crippen molar-refractivity contribution in [1.29, 1.82) is 0 Å². The van der Waals surface area contributed by atoms with Crippen molar-refractivity contribution in [2.45, 2.75) is 38.6 Å². The molecule has 1 saturated heterocycles. The number of pyridine rings is 1. The summed E-state index contributed by atoms with van der Waals surface area (Å²) in [4.78, 5) is 27.8. The molecule has 0 aliphatic carbocycles. The van der Waals surface area contributed by atoms with Crippen LogP contribution in [0.25, 0.3) is 5.78 Å². The van der Waals surface area contributed by atoms with Gasteiger partial charge in [-0.25, -0.2) is 9.50 Å². The third-order valence-electron chi connectivity index (χ3n) is 4.67. The van der Waals surface area contributed by atoms with E-state index < -0.39 is 0 Å². The average Bonchev–Trinajstić information content (AvgIpc) is 3.30. The van der Waals surface area contributed by atoms with Gasteiger partial charge in [0.25, 0.3) is 11.7 Å². The number of amides is 1. The molecule has 1 aliphatic rings. The van der Waals surface area contributed by atoms with Gasteiger partial charge in [-0.1, -0.05) is 19.9 Å². The molecular weight excluding hydrogens is 316 g/mol. The third-order valence-corrected chi connectivity index (χ3v) is 4.67. The lowest BCUT2D eigenvalue weighted by Crippen LogP contribution is -2.31. The number of carbonyl (C=O) groups is 1. The number of rotatable bonds is 3. The van der Waals surface area contributed by atoms with Crippen molar-refractivity contribution in [2.24, 2.45) is 0 Å². The molecular formula is C18H20N6O. The molecule has 4 rings (SSSR count). The highest BCUT2D eigenvalue weighted by atomic mass is 16.2. The Morgan fingerprint density at radius 2 is 2.24 bits per heavy atom. The zero-order valence-corrected chi connectivity index (χ0v) is 14.3. The maximum absolute atomic E-state index is 13.2. The molecule has 7 nitrogen and oxygen atoms in total. The monoisotopic (exact) mass is 336 g/mol. The molecule has 3 aromatic rings. The van der Waals surface area contributed by atoms with Gasteiger partial charge in [0.2, 0.25) is 0 Å². The Balaban J connectivity index is 1.72. The zero-order valence-electron chi connectivity index (χ0n) is 14.3. The first-order chi connectivity index (χ1) is 12.1. The fourth-order valence-electron chi connectivity index (χ4n) is 3.43. The van der Waals surface area contributed by atoms with Crippen LogP contribution in [0.5, 0.6) is 0 Å². The maximum atomic E-state index is 13.2. The Morgan fingerprint density at radius 3 is 3.00 bits per heavy atom. The fraction of sp³-hybridized carbons (Fsp3) is 0.389. The molecule has 0 bridgehead atoms. The predicted molar refractivity (Wildman–Crippen MR) is 92.1 cm³/mol. The molecule has 1 amide bonds. The van der Waals surface area contributed by atoms with Crippen molar-refractivity contribution in [3.8, 4) is 0 Å². The molecule has 25 heavy (non-hydrogen) atoms. The first-order valence-corrected chi connectivity index (χ1v) is 8.56. The van der Waals surface area contributed by atoms with Crippen LogP contribution in [-0.4, -0.2) is 41.9 Å². The Morgan fingerprint density at radius 1 is 1.36 bits per heavy atom. The highest BCUT2D eigenvalue weighted by molar-refractivity contribution is 5.93. The van der Waals surface area contributed by atoms with Crippen molar-refractivity contribution in [3.05, 3.63) is 53.9 Å². The summed E-state index contributed by atoms with van der Waals surface area (Å²) in [5, 5.41) is 4.21. The van der Waals surface area contributed by atoms with Gasteiger partial charge < -0.3 is 4.90 Å². The summed E-state index contributed by atoms with van der Waals surface area (Å²) in [7, 11) is 0. The molecule has 1 atom stereocenters. The summed E-state index contributed by atoms with van der Waals surface area (Å²) in [6, 6.07) is 5.83. The van der Waals surface area contributed by atoms with Gasteiger partial charge in [-0.05, 0) is 36.5 Å². The first kappa shape index (κ1) is 15.7. The minimum absolute atomic E-state index is 0.0552. The van der Waals surface area contributed by atoms with Crippen LogP contribution in [-0.2, 0) is 0 Å². The predicted octanol–water partition coefficient (Wildman–Crippen LogP) is 2.62. The van der Waals surface area contributed by atoms with E-state index in [1.807, 2.05) is 29.3 Å². The van der Waals surface area contributed by atoms with Gasteiger partial charge in [0.1, 0.15) is 12.0 Å². The lowest BCUT2D eigenvalue weighted by atomic mass is 10.1. The number of carbonyl (C=O) groups excluding carboxylic acids is 1. The first-order valence-electron chi connectivity index (χ1n) is 8.56. The molecule has 1 unspecified atom stereocenters. The highest BCUT2D eigenvalue weighted by Gasteiger charge is 2.32. The Bertz CT molecular complexity index is 904. The lowest BCUT2D eigenvalue weighted by molar-refractivity contribution is 0.0729. The number of fused-ring (bicyclic) bond motifs is 1. The summed E-state index contributed by atoms with van der Waals surface area (Å²) in [6.45, 7) is 4.87. The molecule has 0 aromatic carbocycles. The molecule has 7 heteroatoms. The number of aromatic nitrogens is 5. The minimum Gasteiger partial charge on any atom is -0.330 e. The van der Waals surface area contributed by atoms with Gasteiger partial charge in [-0.2, -0.15) is 10.1 Å². The van der Waals surface area contributed by atoms with Gasteiger partial charge in [0.05, 0.1) is 11.7 Å². The van der Waals surface area contributed by atoms with E-state index in [4.69, 9.17) is 0 Å². The van der Waals surface area contributed by atoms with Gasteiger partial charge >= 0.3 is 0 Å². The van der Waals surface area contributed by atoms with E-state index in [9.17, 15) is 4.79 Å². The van der Waals surface area contributed by atoms with Gasteiger partial charge in [0, 0.05) is 18.9 Å². The van der Waals surface area contributed by atoms with Crippen molar-refractivity contribution in [1.82, 2.24) is 29.5 Å². The molecule has 0 spiro atoms. The van der Waals surface area contributed by atoms with Crippen LogP contribution in [0.4, 0.5) is 0 Å². The summed E-state index contributed by atoms with van der Waals surface area (Å²) in [5.74, 6) is 0.622. The van der Waals surface area contributed by atoms with E-state index in [-0.39, 0.29) is 17.9 Å². The zero-order chi connectivity index (χ0) is 17.4. The van der Waals surface area contributed by atoms with Gasteiger partial charge in [0.15, 0.2) is 0 Å². The summed E-state index contributed by atoms with van der Waals surface area (Å²) >= 11 is 0. The largest absolute Gasteiger partial charge is 0.330 e. The number of nitrogens with zero attached hydrogens (tertiary/aromatic N) is 6. The van der Waals surface area contributed by atoms with Crippen LogP contribution in [0.3, 0.4) is 0 Å². The van der Waals surface area contributed by atoms with Crippen LogP contribution < -0.4 is 0 Å². The van der Waals surface area contributed by atoms with Crippen LogP contribution in [0, 0.1) is 0 Å². The number of hydrogen-bond acceptors (Lipinski definition) is 5. The average molecular weight is 336 g/mol. The van der Waals surface area contributed by atoms with E-state index in [1.54, 1.807) is 10.7 Å². The normalized spacial score (nSPS) is 17.6. The summed E-state index contributed by atoms with van der Waals surface area (Å²) < 4.78 is 1.70. The van der Waals surface area contributed by atoms with Crippen molar-refractivity contribution in [3.63, 3.8) is 0 Å². The third kappa shape index (κ3) is 2.75. The van der Waals surface area contributed by atoms with Gasteiger partial charge in [-0.3, -0.25) is 9.78 Å². The van der Waals surface area contributed by atoms with Crippen molar-refractivity contribution in [2.75, 3.05) is 6.54 Å². The SMILES string of the molecule is CC(C)c1cc(C(=O)N2CCCC2c2cccnc2)nc2ncnn12. The van der Waals surface area contributed by atoms with Gasteiger partial charge in [-0.15, -0.1) is 0 Å². The molecule has 0 N–H and O–H groups in total.